The molecular weight excluding hydrogens is 415 g/mol. The topological polar surface area (TPSA) is 21.7 Å². The van der Waals surface area contributed by atoms with E-state index in [9.17, 15) is 13.2 Å². The third kappa shape index (κ3) is 6.41. The van der Waals surface area contributed by atoms with Crippen LogP contribution >= 0.6 is 0 Å². The van der Waals surface area contributed by atoms with Crippen LogP contribution in [0.4, 0.5) is 18.9 Å². The monoisotopic (exact) mass is 447 g/mol. The van der Waals surface area contributed by atoms with Crippen molar-refractivity contribution in [3.05, 3.63) is 59.7 Å². The van der Waals surface area contributed by atoms with Gasteiger partial charge in [0.05, 0.1) is 12.2 Å². The van der Waals surface area contributed by atoms with Gasteiger partial charge in [-0.05, 0) is 92.8 Å². The van der Waals surface area contributed by atoms with Gasteiger partial charge in [0.1, 0.15) is 5.75 Å². The molecule has 3 nitrogen and oxygen atoms in total. The van der Waals surface area contributed by atoms with Crippen LogP contribution in [0.3, 0.4) is 0 Å². The molecule has 0 amide bonds. The van der Waals surface area contributed by atoms with Crippen LogP contribution < -0.4 is 9.64 Å². The van der Waals surface area contributed by atoms with Crippen molar-refractivity contribution >= 4 is 5.69 Å². The van der Waals surface area contributed by atoms with Crippen LogP contribution in [-0.2, 0) is 17.3 Å². The van der Waals surface area contributed by atoms with E-state index in [1.807, 2.05) is 12.1 Å². The number of ether oxygens (including phenoxy) is 2. The van der Waals surface area contributed by atoms with E-state index in [0.29, 0.717) is 5.92 Å². The first-order chi connectivity index (χ1) is 15.5. The summed E-state index contributed by atoms with van der Waals surface area (Å²) < 4.78 is 49.6. The van der Waals surface area contributed by atoms with Gasteiger partial charge in [0.2, 0.25) is 0 Å². The number of benzene rings is 2. The third-order valence-corrected chi connectivity index (χ3v) is 6.58. The largest absolute Gasteiger partial charge is 0.465 e. The Bertz CT molecular complexity index is 822. The minimum Gasteiger partial charge on any atom is -0.465 e. The van der Waals surface area contributed by atoms with Crippen molar-refractivity contribution in [1.82, 2.24) is 0 Å². The normalized spacial score (nSPS) is 20.3. The van der Waals surface area contributed by atoms with Crippen molar-refractivity contribution in [3.8, 4) is 5.75 Å². The molecule has 2 aliphatic heterocycles. The molecular formula is C26H32F3NO2. The number of nitrogens with zero attached hydrogens (tertiary/aromatic N) is 1. The van der Waals surface area contributed by atoms with Crippen molar-refractivity contribution in [2.75, 3.05) is 24.6 Å². The van der Waals surface area contributed by atoms with Gasteiger partial charge in [-0.3, -0.25) is 0 Å². The van der Waals surface area contributed by atoms with Gasteiger partial charge in [-0.1, -0.05) is 12.1 Å². The standard InChI is InChI=1S/C26H32F3NO2/c27-26(28,29)22-9-7-20(8-10-22)4-3-5-21-15-17-30(18-16-21)23-11-13-24(14-12-23)32-25-6-1-2-19-31-25/h7-14,21,25H,1-6,15-19H2. The molecule has 6 heteroatoms. The van der Waals surface area contributed by atoms with Gasteiger partial charge in [-0.25, -0.2) is 0 Å². The third-order valence-electron chi connectivity index (χ3n) is 6.58. The highest BCUT2D eigenvalue weighted by Crippen LogP contribution is 2.30. The lowest BCUT2D eigenvalue weighted by Crippen LogP contribution is -2.33. The van der Waals surface area contributed by atoms with E-state index in [2.05, 4.69) is 17.0 Å². The molecule has 32 heavy (non-hydrogen) atoms. The molecule has 2 fully saturated rings. The predicted octanol–water partition coefficient (Wildman–Crippen LogP) is 6.85. The summed E-state index contributed by atoms with van der Waals surface area (Å²) in [5.41, 5.74) is 1.64. The van der Waals surface area contributed by atoms with Crippen molar-refractivity contribution < 1.29 is 22.6 Å². The van der Waals surface area contributed by atoms with Crippen molar-refractivity contribution in [3.63, 3.8) is 0 Å². The van der Waals surface area contributed by atoms with E-state index in [1.165, 1.54) is 17.8 Å². The summed E-state index contributed by atoms with van der Waals surface area (Å²) in [5, 5.41) is 0. The Balaban J connectivity index is 1.17. The smallest absolute Gasteiger partial charge is 0.416 e. The lowest BCUT2D eigenvalue weighted by atomic mass is 9.90. The number of anilines is 1. The van der Waals surface area contributed by atoms with Crippen LogP contribution in [-0.4, -0.2) is 26.0 Å². The van der Waals surface area contributed by atoms with E-state index in [-0.39, 0.29) is 6.29 Å². The SMILES string of the molecule is FC(F)(F)c1ccc(CCCC2CCN(c3ccc(OC4CCCCO4)cc3)CC2)cc1. The maximum Gasteiger partial charge on any atom is 0.416 e. The van der Waals surface area contributed by atoms with Crippen molar-refractivity contribution in [2.24, 2.45) is 5.92 Å². The molecule has 0 aliphatic carbocycles. The summed E-state index contributed by atoms with van der Waals surface area (Å²) in [6, 6.07) is 13.9. The Morgan fingerprint density at radius 2 is 1.62 bits per heavy atom. The van der Waals surface area contributed by atoms with Crippen LogP contribution in [0.1, 0.15) is 56.1 Å². The van der Waals surface area contributed by atoms with E-state index < -0.39 is 11.7 Å². The average Bonchev–Trinajstić information content (AvgIpc) is 2.81. The molecule has 2 aromatic rings. The molecule has 1 unspecified atom stereocenters. The summed E-state index contributed by atoms with van der Waals surface area (Å²) in [6.45, 7) is 2.86. The summed E-state index contributed by atoms with van der Waals surface area (Å²) in [6.07, 6.45) is 4.14. The number of piperidine rings is 1. The molecule has 1 atom stereocenters. The Labute approximate surface area is 188 Å². The maximum absolute atomic E-state index is 12.7. The number of aryl methyl sites for hydroxylation is 1. The van der Waals surface area contributed by atoms with Crippen LogP contribution in [0.5, 0.6) is 5.75 Å². The lowest BCUT2D eigenvalue weighted by Gasteiger charge is -2.34. The van der Waals surface area contributed by atoms with Crippen LogP contribution in [0.25, 0.3) is 0 Å². The summed E-state index contributed by atoms with van der Waals surface area (Å²) in [7, 11) is 0. The Hall–Kier alpha value is -2.21. The fraction of sp³-hybridized carbons (Fsp3) is 0.538. The quantitative estimate of drug-likeness (QED) is 0.463. The van der Waals surface area contributed by atoms with Crippen LogP contribution in [0.15, 0.2) is 48.5 Å². The number of hydrogen-bond donors (Lipinski definition) is 0. The molecule has 0 N–H and O–H groups in total. The Morgan fingerprint density at radius 3 is 2.25 bits per heavy atom. The number of rotatable bonds is 7. The Morgan fingerprint density at radius 1 is 0.906 bits per heavy atom. The zero-order valence-electron chi connectivity index (χ0n) is 18.4. The minimum atomic E-state index is -4.26. The molecule has 2 heterocycles. The fourth-order valence-corrected chi connectivity index (χ4v) is 4.63. The summed E-state index contributed by atoms with van der Waals surface area (Å²) in [5.74, 6) is 1.55. The van der Waals surface area contributed by atoms with Crippen LogP contribution in [0, 0.1) is 5.92 Å². The molecule has 2 aromatic carbocycles. The van der Waals surface area contributed by atoms with Gasteiger partial charge in [0.15, 0.2) is 6.29 Å². The second kappa shape index (κ2) is 10.6. The Kier molecular flexibility index (Phi) is 7.61. The molecule has 0 bridgehead atoms. The molecule has 0 aromatic heterocycles. The van der Waals surface area contributed by atoms with E-state index in [0.717, 1.165) is 82.4 Å². The number of alkyl halides is 3. The second-order valence-electron chi connectivity index (χ2n) is 8.93. The molecule has 4 rings (SSSR count). The summed E-state index contributed by atoms with van der Waals surface area (Å²) >= 11 is 0. The minimum absolute atomic E-state index is 0.118. The van der Waals surface area contributed by atoms with Crippen molar-refractivity contribution in [1.29, 1.82) is 0 Å². The number of hydrogen-bond acceptors (Lipinski definition) is 3. The van der Waals surface area contributed by atoms with Gasteiger partial charge in [0, 0.05) is 25.2 Å². The van der Waals surface area contributed by atoms with Gasteiger partial charge in [0.25, 0.3) is 0 Å². The molecule has 2 saturated heterocycles. The van der Waals surface area contributed by atoms with E-state index in [4.69, 9.17) is 9.47 Å². The first kappa shape index (κ1) is 23.0. The van der Waals surface area contributed by atoms with Gasteiger partial charge in [-0.15, -0.1) is 0 Å². The first-order valence-corrected chi connectivity index (χ1v) is 11.8. The van der Waals surface area contributed by atoms with Crippen molar-refractivity contribution in [2.45, 2.75) is 63.8 Å². The second-order valence-corrected chi connectivity index (χ2v) is 8.93. The zero-order chi connectivity index (χ0) is 22.4. The molecule has 0 saturated carbocycles. The molecule has 0 radical (unpaired) electrons. The molecule has 174 valence electrons. The van der Waals surface area contributed by atoms with Gasteiger partial charge < -0.3 is 14.4 Å². The highest BCUT2D eigenvalue weighted by molar-refractivity contribution is 5.49. The predicted molar refractivity (Wildman–Crippen MR) is 120 cm³/mol. The van der Waals surface area contributed by atoms with Gasteiger partial charge in [-0.2, -0.15) is 13.2 Å². The van der Waals surface area contributed by atoms with Gasteiger partial charge >= 0.3 is 6.18 Å². The van der Waals surface area contributed by atoms with Crippen LogP contribution in [0.2, 0.25) is 0 Å². The summed E-state index contributed by atoms with van der Waals surface area (Å²) in [4.78, 5) is 2.42. The first-order valence-electron chi connectivity index (χ1n) is 11.8. The maximum atomic E-state index is 12.7. The fourth-order valence-electron chi connectivity index (χ4n) is 4.63. The highest BCUT2D eigenvalue weighted by atomic mass is 19.4. The highest BCUT2D eigenvalue weighted by Gasteiger charge is 2.29. The average molecular weight is 448 g/mol. The van der Waals surface area contributed by atoms with E-state index >= 15 is 0 Å². The molecule has 0 spiro atoms. The zero-order valence-corrected chi connectivity index (χ0v) is 18.4. The number of halogens is 3. The lowest BCUT2D eigenvalue weighted by molar-refractivity contribution is -0.137. The van der Waals surface area contributed by atoms with E-state index in [1.54, 1.807) is 12.1 Å². The molecule has 2 aliphatic rings.